The van der Waals surface area contributed by atoms with E-state index in [1.165, 1.54) is 13.0 Å². The lowest BCUT2D eigenvalue weighted by Gasteiger charge is -2.37. The van der Waals surface area contributed by atoms with Crippen molar-refractivity contribution in [2.75, 3.05) is 77.7 Å². The number of aromatic carboxylic acids is 1. The average molecular weight is 477 g/mol. The molecule has 4 rings (SSSR count). The number of hydrogen-bond donors (Lipinski definition) is 2. The van der Waals surface area contributed by atoms with Crippen molar-refractivity contribution in [3.8, 4) is 0 Å². The first kappa shape index (κ1) is 23.1. The predicted molar refractivity (Wildman–Crippen MR) is 126 cm³/mol. The summed E-state index contributed by atoms with van der Waals surface area (Å²) in [5.74, 6) is 0.435. The van der Waals surface area contributed by atoms with Crippen molar-refractivity contribution < 1.29 is 23.1 Å². The van der Waals surface area contributed by atoms with Crippen LogP contribution in [0.1, 0.15) is 17.3 Å². The minimum absolute atomic E-state index is 0.0643. The number of anilines is 4. The Hall–Kier alpha value is -3.12. The molecule has 0 unspecified atom stereocenters. The van der Waals surface area contributed by atoms with Gasteiger partial charge in [0.15, 0.2) is 11.6 Å². The normalized spacial score (nSPS) is 17.2. The van der Waals surface area contributed by atoms with Crippen LogP contribution < -0.4 is 19.4 Å². The number of rotatable bonds is 7. The summed E-state index contributed by atoms with van der Waals surface area (Å²) in [5, 5.41) is 18.5. The van der Waals surface area contributed by atoms with Crippen LogP contribution in [0.3, 0.4) is 0 Å². The third-order valence-electron chi connectivity index (χ3n) is 5.80. The number of carbonyl (C=O) groups is 1. The van der Waals surface area contributed by atoms with Crippen LogP contribution in [0.4, 0.5) is 23.0 Å². The number of hydrogen-bond acceptors (Lipinski definition) is 9. The van der Waals surface area contributed by atoms with E-state index in [1.54, 1.807) is 12.1 Å². The molecule has 0 bridgehead atoms. The van der Waals surface area contributed by atoms with Gasteiger partial charge in [0.05, 0.1) is 30.2 Å². The van der Waals surface area contributed by atoms with Gasteiger partial charge < -0.3 is 24.5 Å². The predicted octanol–water partition coefficient (Wildman–Crippen LogP) is 1.10. The lowest BCUT2D eigenvalue weighted by atomic mass is 10.1. The molecule has 0 radical (unpaired) electrons. The van der Waals surface area contributed by atoms with Crippen molar-refractivity contribution in [3.05, 3.63) is 35.9 Å². The zero-order chi connectivity index (χ0) is 23.4. The standard InChI is InChI=1S/C21H28N6O5S/c1-2-33(30,31)24-16-3-4-18(17(15-16)21(28)29)25-7-9-26(10-8-25)19-5-6-20(23-22-19)27-11-13-32-14-12-27/h3-6,15,24H,2,7-14H2,1H3,(H,28,29). The first-order valence-electron chi connectivity index (χ1n) is 10.9. The molecule has 0 spiro atoms. The van der Waals surface area contributed by atoms with Crippen LogP contribution in [-0.2, 0) is 14.8 Å². The summed E-state index contributed by atoms with van der Waals surface area (Å²) in [6, 6.07) is 8.55. The molecule has 2 aromatic rings. The highest BCUT2D eigenvalue weighted by Crippen LogP contribution is 2.27. The summed E-state index contributed by atoms with van der Waals surface area (Å²) in [6.45, 7) is 7.04. The number of nitrogens with zero attached hydrogens (tertiary/aromatic N) is 5. The summed E-state index contributed by atoms with van der Waals surface area (Å²) in [5.41, 5.74) is 0.872. The van der Waals surface area contributed by atoms with Crippen LogP contribution in [0.2, 0.25) is 0 Å². The number of piperazine rings is 1. The second-order valence-corrected chi connectivity index (χ2v) is 9.88. The van der Waals surface area contributed by atoms with Gasteiger partial charge in [-0.2, -0.15) is 0 Å². The number of aromatic nitrogens is 2. The highest BCUT2D eigenvalue weighted by Gasteiger charge is 2.23. The maximum atomic E-state index is 11.9. The van der Waals surface area contributed by atoms with E-state index in [4.69, 9.17) is 4.74 Å². The first-order chi connectivity index (χ1) is 15.9. The minimum atomic E-state index is -3.49. The molecule has 2 aliphatic rings. The van der Waals surface area contributed by atoms with Crippen LogP contribution in [0.5, 0.6) is 0 Å². The molecule has 2 fully saturated rings. The Kier molecular flexibility index (Phi) is 6.84. The molecule has 12 heteroatoms. The van der Waals surface area contributed by atoms with Gasteiger partial charge in [0.25, 0.3) is 0 Å². The minimum Gasteiger partial charge on any atom is -0.478 e. The van der Waals surface area contributed by atoms with E-state index in [1.807, 2.05) is 17.0 Å². The molecule has 178 valence electrons. The number of ether oxygens (including phenoxy) is 1. The van der Waals surface area contributed by atoms with Crippen LogP contribution in [-0.4, -0.2) is 87.9 Å². The van der Waals surface area contributed by atoms with Crippen LogP contribution >= 0.6 is 0 Å². The lowest BCUT2D eigenvalue weighted by molar-refractivity contribution is 0.0697. The number of sulfonamides is 1. The maximum absolute atomic E-state index is 11.9. The molecule has 0 amide bonds. The fraction of sp³-hybridized carbons (Fsp3) is 0.476. The molecule has 11 nitrogen and oxygen atoms in total. The van der Waals surface area contributed by atoms with Crippen LogP contribution in [0, 0.1) is 0 Å². The quantitative estimate of drug-likeness (QED) is 0.599. The van der Waals surface area contributed by atoms with E-state index < -0.39 is 16.0 Å². The summed E-state index contributed by atoms with van der Waals surface area (Å²) in [6.07, 6.45) is 0. The summed E-state index contributed by atoms with van der Waals surface area (Å²) in [7, 11) is -3.49. The molecule has 2 aliphatic heterocycles. The smallest absolute Gasteiger partial charge is 0.337 e. The topological polar surface area (TPSA) is 128 Å². The largest absolute Gasteiger partial charge is 0.478 e. The van der Waals surface area contributed by atoms with Gasteiger partial charge in [-0.25, -0.2) is 13.2 Å². The average Bonchev–Trinajstić information content (AvgIpc) is 2.84. The Morgan fingerprint density at radius 2 is 1.55 bits per heavy atom. The van der Waals surface area contributed by atoms with E-state index in [0.29, 0.717) is 45.1 Å². The fourth-order valence-corrected chi connectivity index (χ4v) is 4.55. The molecule has 0 atom stereocenters. The van der Waals surface area contributed by atoms with Crippen LogP contribution in [0.15, 0.2) is 30.3 Å². The van der Waals surface area contributed by atoms with Crippen molar-refractivity contribution in [1.82, 2.24) is 10.2 Å². The molecule has 0 aliphatic carbocycles. The second kappa shape index (κ2) is 9.79. The van der Waals surface area contributed by atoms with Crippen molar-refractivity contribution in [2.24, 2.45) is 0 Å². The molecule has 3 heterocycles. The summed E-state index contributed by atoms with van der Waals surface area (Å²) in [4.78, 5) is 18.1. The number of benzene rings is 1. The van der Waals surface area contributed by atoms with Crippen molar-refractivity contribution in [3.63, 3.8) is 0 Å². The van der Waals surface area contributed by atoms with E-state index in [-0.39, 0.29) is 17.0 Å². The fourth-order valence-electron chi connectivity index (χ4n) is 3.92. The molecule has 2 saturated heterocycles. The van der Waals surface area contributed by atoms with Crippen molar-refractivity contribution in [2.45, 2.75) is 6.92 Å². The molecule has 33 heavy (non-hydrogen) atoms. The van der Waals surface area contributed by atoms with Gasteiger partial charge in [0.1, 0.15) is 0 Å². The second-order valence-electron chi connectivity index (χ2n) is 7.87. The molecule has 1 aromatic carbocycles. The Morgan fingerprint density at radius 1 is 0.970 bits per heavy atom. The number of morpholine rings is 1. The van der Waals surface area contributed by atoms with Gasteiger partial charge in [0, 0.05) is 45.0 Å². The monoisotopic (exact) mass is 476 g/mol. The van der Waals surface area contributed by atoms with Crippen molar-refractivity contribution in [1.29, 1.82) is 0 Å². The highest BCUT2D eigenvalue weighted by molar-refractivity contribution is 7.92. The molecular formula is C21H28N6O5S. The van der Waals surface area contributed by atoms with Gasteiger partial charge in [-0.3, -0.25) is 4.72 Å². The first-order valence-corrected chi connectivity index (χ1v) is 12.6. The Morgan fingerprint density at radius 3 is 2.09 bits per heavy atom. The SMILES string of the molecule is CCS(=O)(=O)Nc1ccc(N2CCN(c3ccc(N4CCOCC4)nn3)CC2)c(C(=O)O)c1. The van der Waals surface area contributed by atoms with Crippen LogP contribution in [0.25, 0.3) is 0 Å². The van der Waals surface area contributed by atoms with Gasteiger partial charge in [-0.05, 0) is 37.3 Å². The van der Waals surface area contributed by atoms with E-state index in [9.17, 15) is 18.3 Å². The lowest BCUT2D eigenvalue weighted by Crippen LogP contribution is -2.47. The van der Waals surface area contributed by atoms with E-state index in [2.05, 4.69) is 24.7 Å². The molecule has 0 saturated carbocycles. The summed E-state index contributed by atoms with van der Waals surface area (Å²) < 4.78 is 31.4. The zero-order valence-corrected chi connectivity index (χ0v) is 19.3. The van der Waals surface area contributed by atoms with Gasteiger partial charge >= 0.3 is 5.97 Å². The van der Waals surface area contributed by atoms with Crippen molar-refractivity contribution >= 4 is 39.0 Å². The zero-order valence-electron chi connectivity index (χ0n) is 18.5. The Balaban J connectivity index is 1.42. The molecule has 2 N–H and O–H groups in total. The molecule has 1 aromatic heterocycles. The van der Waals surface area contributed by atoms with Gasteiger partial charge in [-0.15, -0.1) is 10.2 Å². The highest BCUT2D eigenvalue weighted by atomic mass is 32.2. The van der Waals surface area contributed by atoms with Gasteiger partial charge in [0.2, 0.25) is 10.0 Å². The Bertz CT molecular complexity index is 1080. The molecular weight excluding hydrogens is 448 g/mol. The third-order valence-corrected chi connectivity index (χ3v) is 7.10. The maximum Gasteiger partial charge on any atom is 0.337 e. The third kappa shape index (κ3) is 5.45. The van der Waals surface area contributed by atoms with E-state index in [0.717, 1.165) is 24.7 Å². The Labute approximate surface area is 193 Å². The van der Waals surface area contributed by atoms with E-state index >= 15 is 0 Å². The van der Waals surface area contributed by atoms with Gasteiger partial charge in [-0.1, -0.05) is 0 Å². The number of nitrogens with one attached hydrogen (secondary N) is 1. The number of carboxylic acids is 1. The summed E-state index contributed by atoms with van der Waals surface area (Å²) >= 11 is 0. The number of carboxylic acid groups (broad SMARTS) is 1.